The second kappa shape index (κ2) is 5.13. The van der Waals surface area contributed by atoms with Crippen molar-refractivity contribution in [2.24, 2.45) is 7.05 Å². The molecule has 0 aliphatic heterocycles. The smallest absolute Gasteiger partial charge is 0.167 e. The van der Waals surface area contributed by atoms with E-state index in [1.165, 1.54) is 24.0 Å². The first kappa shape index (κ1) is 12.4. The van der Waals surface area contributed by atoms with Gasteiger partial charge in [0.25, 0.3) is 0 Å². The maximum Gasteiger partial charge on any atom is 0.167 e. The lowest BCUT2D eigenvalue weighted by atomic mass is 10.0. The summed E-state index contributed by atoms with van der Waals surface area (Å²) in [7, 11) is 1.90. The average molecular weight is 256 g/mol. The minimum Gasteiger partial charge on any atom is -0.307 e. The highest BCUT2D eigenvalue weighted by Gasteiger charge is 2.22. The molecule has 0 radical (unpaired) electrons. The van der Waals surface area contributed by atoms with E-state index in [0.717, 1.165) is 12.4 Å². The molecule has 0 saturated heterocycles. The first-order valence-electron chi connectivity index (χ1n) is 6.91. The van der Waals surface area contributed by atoms with E-state index in [0.29, 0.717) is 5.92 Å². The maximum absolute atomic E-state index is 4.34. The monoisotopic (exact) mass is 256 g/mol. The summed E-state index contributed by atoms with van der Waals surface area (Å²) in [5.74, 6) is 1.50. The number of nitrogens with zero attached hydrogens (tertiary/aromatic N) is 3. The fourth-order valence-corrected chi connectivity index (χ4v) is 2.82. The maximum atomic E-state index is 4.34. The summed E-state index contributed by atoms with van der Waals surface area (Å²) < 4.78 is 1.75. The molecule has 19 heavy (non-hydrogen) atoms. The molecular weight excluding hydrogens is 236 g/mol. The second-order valence-corrected chi connectivity index (χ2v) is 5.34. The predicted octanol–water partition coefficient (Wildman–Crippen LogP) is 2.20. The number of fused-ring (bicyclic) bond motifs is 1. The van der Waals surface area contributed by atoms with Gasteiger partial charge in [-0.2, -0.15) is 5.10 Å². The van der Waals surface area contributed by atoms with E-state index >= 15 is 0 Å². The topological polar surface area (TPSA) is 42.7 Å². The SMILES string of the molecule is CC(NCC1CCc2ccccc21)c1ncn(C)n1. The third-order valence-corrected chi connectivity index (χ3v) is 3.93. The van der Waals surface area contributed by atoms with Gasteiger partial charge in [0, 0.05) is 13.6 Å². The molecule has 0 amide bonds. The van der Waals surface area contributed by atoms with Crippen LogP contribution in [-0.4, -0.2) is 21.3 Å². The molecule has 1 aliphatic rings. The van der Waals surface area contributed by atoms with Crippen molar-refractivity contribution >= 4 is 0 Å². The summed E-state index contributed by atoms with van der Waals surface area (Å²) in [6.45, 7) is 3.12. The standard InChI is InChI=1S/C15H20N4/c1-11(15-17-10-19(2)18-15)16-9-13-8-7-12-5-3-4-6-14(12)13/h3-6,10-11,13,16H,7-9H2,1-2H3. The van der Waals surface area contributed by atoms with Crippen LogP contribution >= 0.6 is 0 Å². The zero-order valence-corrected chi connectivity index (χ0v) is 11.5. The Hall–Kier alpha value is -1.68. The molecule has 3 rings (SSSR count). The lowest BCUT2D eigenvalue weighted by molar-refractivity contribution is 0.498. The summed E-state index contributed by atoms with van der Waals surface area (Å²) in [6, 6.07) is 8.99. The number of aryl methyl sites for hydroxylation is 2. The highest BCUT2D eigenvalue weighted by Crippen LogP contribution is 2.32. The Morgan fingerprint density at radius 3 is 3.05 bits per heavy atom. The van der Waals surface area contributed by atoms with Gasteiger partial charge in [-0.3, -0.25) is 4.68 Å². The quantitative estimate of drug-likeness (QED) is 0.912. The van der Waals surface area contributed by atoms with Gasteiger partial charge in [-0.25, -0.2) is 4.98 Å². The van der Waals surface area contributed by atoms with Crippen LogP contribution in [0.1, 0.15) is 42.3 Å². The summed E-state index contributed by atoms with van der Waals surface area (Å²) in [6.07, 6.45) is 4.20. The van der Waals surface area contributed by atoms with Gasteiger partial charge in [-0.1, -0.05) is 24.3 Å². The molecule has 1 N–H and O–H groups in total. The highest BCUT2D eigenvalue weighted by atomic mass is 15.3. The van der Waals surface area contributed by atoms with E-state index in [1.807, 2.05) is 7.05 Å². The van der Waals surface area contributed by atoms with Crippen LogP contribution in [0.5, 0.6) is 0 Å². The molecule has 4 heteroatoms. The van der Waals surface area contributed by atoms with Gasteiger partial charge in [-0.15, -0.1) is 0 Å². The molecule has 0 saturated carbocycles. The van der Waals surface area contributed by atoms with Crippen molar-refractivity contribution in [2.45, 2.75) is 31.7 Å². The van der Waals surface area contributed by atoms with Gasteiger partial charge in [0.15, 0.2) is 5.82 Å². The number of aromatic nitrogens is 3. The van der Waals surface area contributed by atoms with Gasteiger partial charge >= 0.3 is 0 Å². The third kappa shape index (κ3) is 2.54. The van der Waals surface area contributed by atoms with Gasteiger partial charge < -0.3 is 5.32 Å². The van der Waals surface area contributed by atoms with E-state index in [4.69, 9.17) is 0 Å². The van der Waals surface area contributed by atoms with Gasteiger partial charge in [0.1, 0.15) is 6.33 Å². The van der Waals surface area contributed by atoms with Crippen LogP contribution in [0.25, 0.3) is 0 Å². The Balaban J connectivity index is 1.62. The molecule has 1 aliphatic carbocycles. The molecule has 2 unspecified atom stereocenters. The predicted molar refractivity (Wildman–Crippen MR) is 74.9 cm³/mol. The molecule has 4 nitrogen and oxygen atoms in total. The van der Waals surface area contributed by atoms with E-state index in [-0.39, 0.29) is 6.04 Å². The molecule has 1 heterocycles. The zero-order chi connectivity index (χ0) is 13.2. The van der Waals surface area contributed by atoms with Gasteiger partial charge in [0.05, 0.1) is 6.04 Å². The van der Waals surface area contributed by atoms with Crippen LogP contribution < -0.4 is 5.32 Å². The summed E-state index contributed by atoms with van der Waals surface area (Å²) in [4.78, 5) is 4.29. The molecular formula is C15H20N4. The average Bonchev–Trinajstić information content (AvgIpc) is 3.02. The van der Waals surface area contributed by atoms with Crippen molar-refractivity contribution in [3.63, 3.8) is 0 Å². The molecule has 0 fully saturated rings. The fraction of sp³-hybridized carbons (Fsp3) is 0.467. The van der Waals surface area contributed by atoms with Crippen molar-refractivity contribution in [1.29, 1.82) is 0 Å². The summed E-state index contributed by atoms with van der Waals surface area (Å²) in [5.41, 5.74) is 3.02. The second-order valence-electron chi connectivity index (χ2n) is 5.34. The Labute approximate surface area is 113 Å². The minimum atomic E-state index is 0.203. The van der Waals surface area contributed by atoms with E-state index in [1.54, 1.807) is 11.0 Å². The lowest BCUT2D eigenvalue weighted by Gasteiger charge is -2.16. The van der Waals surface area contributed by atoms with Gasteiger partial charge in [-0.05, 0) is 36.8 Å². The molecule has 0 spiro atoms. The Bertz CT molecular complexity index is 561. The van der Waals surface area contributed by atoms with Crippen LogP contribution in [-0.2, 0) is 13.5 Å². The molecule has 2 atom stereocenters. The molecule has 100 valence electrons. The van der Waals surface area contributed by atoms with Crippen LogP contribution in [0.4, 0.5) is 0 Å². The minimum absolute atomic E-state index is 0.203. The van der Waals surface area contributed by atoms with Crippen LogP contribution in [0.3, 0.4) is 0 Å². The number of benzene rings is 1. The summed E-state index contributed by atoms with van der Waals surface area (Å²) >= 11 is 0. The first-order chi connectivity index (χ1) is 9.24. The Kier molecular flexibility index (Phi) is 3.34. The van der Waals surface area contributed by atoms with Crippen molar-refractivity contribution in [3.8, 4) is 0 Å². The van der Waals surface area contributed by atoms with Crippen molar-refractivity contribution in [1.82, 2.24) is 20.1 Å². The lowest BCUT2D eigenvalue weighted by Crippen LogP contribution is -2.24. The number of rotatable bonds is 4. The Morgan fingerprint density at radius 2 is 2.26 bits per heavy atom. The molecule has 2 aromatic rings. The van der Waals surface area contributed by atoms with Crippen LogP contribution in [0, 0.1) is 0 Å². The third-order valence-electron chi connectivity index (χ3n) is 3.93. The summed E-state index contributed by atoms with van der Waals surface area (Å²) in [5, 5.41) is 7.90. The Morgan fingerprint density at radius 1 is 1.42 bits per heavy atom. The van der Waals surface area contributed by atoms with E-state index in [2.05, 4.69) is 46.6 Å². The van der Waals surface area contributed by atoms with Gasteiger partial charge in [0.2, 0.25) is 0 Å². The first-order valence-corrected chi connectivity index (χ1v) is 6.91. The molecule has 1 aromatic heterocycles. The zero-order valence-electron chi connectivity index (χ0n) is 11.5. The molecule has 0 bridgehead atoms. The van der Waals surface area contributed by atoms with E-state index < -0.39 is 0 Å². The number of hydrogen-bond acceptors (Lipinski definition) is 3. The number of nitrogens with one attached hydrogen (secondary N) is 1. The van der Waals surface area contributed by atoms with Crippen LogP contribution in [0.2, 0.25) is 0 Å². The van der Waals surface area contributed by atoms with Crippen molar-refractivity contribution in [3.05, 3.63) is 47.5 Å². The largest absolute Gasteiger partial charge is 0.307 e. The van der Waals surface area contributed by atoms with Crippen LogP contribution in [0.15, 0.2) is 30.6 Å². The number of hydrogen-bond donors (Lipinski definition) is 1. The van der Waals surface area contributed by atoms with E-state index in [9.17, 15) is 0 Å². The molecule has 1 aromatic carbocycles. The fourth-order valence-electron chi connectivity index (χ4n) is 2.82. The van der Waals surface area contributed by atoms with Crippen molar-refractivity contribution in [2.75, 3.05) is 6.54 Å². The van der Waals surface area contributed by atoms with Crippen molar-refractivity contribution < 1.29 is 0 Å². The normalized spacial score (nSPS) is 19.4. The highest BCUT2D eigenvalue weighted by molar-refractivity contribution is 5.35.